The maximum atomic E-state index is 13.0. The molecule has 2 rings (SSSR count). The first kappa shape index (κ1) is 21.8. The molecule has 2 aromatic carbocycles. The van der Waals surface area contributed by atoms with Gasteiger partial charge in [0.2, 0.25) is 15.9 Å². The van der Waals surface area contributed by atoms with E-state index in [9.17, 15) is 13.2 Å². The highest BCUT2D eigenvalue weighted by Gasteiger charge is 2.30. The van der Waals surface area contributed by atoms with E-state index < -0.39 is 16.1 Å². The van der Waals surface area contributed by atoms with Crippen LogP contribution in [0.3, 0.4) is 0 Å². The molecule has 1 atom stereocenters. The number of nitrogens with zero attached hydrogens (tertiary/aromatic N) is 2. The number of hydrogen-bond acceptors (Lipinski definition) is 4. The number of ether oxygens (including phenoxy) is 1. The number of rotatable bonds is 8. The van der Waals surface area contributed by atoms with E-state index in [2.05, 4.69) is 0 Å². The fourth-order valence-corrected chi connectivity index (χ4v) is 4.25. The smallest absolute Gasteiger partial charge is 0.246 e. The number of aryl methyl sites for hydroxylation is 1. The fraction of sp³-hybridized carbons (Fsp3) is 0.381. The molecule has 0 saturated heterocycles. The summed E-state index contributed by atoms with van der Waals surface area (Å²) in [5.41, 5.74) is 2.52. The Morgan fingerprint density at radius 3 is 2.04 bits per heavy atom. The lowest BCUT2D eigenvalue weighted by Gasteiger charge is -2.31. The maximum Gasteiger partial charge on any atom is 0.246 e. The Hall–Kier alpha value is -2.54. The average molecular weight is 405 g/mol. The summed E-state index contributed by atoms with van der Waals surface area (Å²) in [5.74, 6) is 0.464. The average Bonchev–Trinajstić information content (AvgIpc) is 2.67. The zero-order valence-corrected chi connectivity index (χ0v) is 17.9. The number of methoxy groups -OCH3 is 1. The van der Waals surface area contributed by atoms with Crippen LogP contribution in [0.2, 0.25) is 0 Å². The molecule has 0 aliphatic carbocycles. The number of amides is 1. The third-order valence-corrected chi connectivity index (χ3v) is 5.86. The van der Waals surface area contributed by atoms with Crippen LogP contribution in [0.15, 0.2) is 48.5 Å². The van der Waals surface area contributed by atoms with Crippen LogP contribution in [0.5, 0.6) is 5.75 Å². The highest BCUT2D eigenvalue weighted by molar-refractivity contribution is 7.92. The van der Waals surface area contributed by atoms with E-state index in [1.165, 1.54) is 9.21 Å². The number of likely N-dealkylation sites (N-methyl/N-ethyl adjacent to an activating group) is 1. The Bertz CT molecular complexity index is 893. The molecule has 0 aromatic heterocycles. The van der Waals surface area contributed by atoms with Gasteiger partial charge in [0, 0.05) is 13.6 Å². The standard InChI is InChI=1S/C21H28N2O4S/c1-6-17-7-11-19(12-8-17)23(28(5,25)26)16(2)21(24)22(3)15-18-9-13-20(27-4)14-10-18/h7-14,16H,6,15H2,1-5H3. The third-order valence-electron chi connectivity index (χ3n) is 4.62. The molecule has 0 radical (unpaired) electrons. The summed E-state index contributed by atoms with van der Waals surface area (Å²) < 4.78 is 31.2. The normalized spacial score (nSPS) is 12.3. The minimum absolute atomic E-state index is 0.277. The van der Waals surface area contributed by atoms with Crippen molar-refractivity contribution >= 4 is 21.6 Å². The predicted octanol–water partition coefficient (Wildman–Crippen LogP) is 3.07. The quantitative estimate of drug-likeness (QED) is 0.678. The van der Waals surface area contributed by atoms with Gasteiger partial charge in [-0.3, -0.25) is 9.10 Å². The van der Waals surface area contributed by atoms with E-state index in [1.54, 1.807) is 33.2 Å². The molecule has 152 valence electrons. The van der Waals surface area contributed by atoms with Gasteiger partial charge in [-0.2, -0.15) is 0 Å². The van der Waals surface area contributed by atoms with Gasteiger partial charge in [0.15, 0.2) is 0 Å². The summed E-state index contributed by atoms with van der Waals surface area (Å²) in [7, 11) is -0.361. The summed E-state index contributed by atoms with van der Waals surface area (Å²) in [6.45, 7) is 4.02. The summed E-state index contributed by atoms with van der Waals surface area (Å²) >= 11 is 0. The maximum absolute atomic E-state index is 13.0. The van der Waals surface area contributed by atoms with Crippen LogP contribution >= 0.6 is 0 Å². The number of carbonyl (C=O) groups is 1. The van der Waals surface area contributed by atoms with Crippen LogP contribution in [0, 0.1) is 0 Å². The van der Waals surface area contributed by atoms with Crippen LogP contribution in [0.25, 0.3) is 0 Å². The number of anilines is 1. The van der Waals surface area contributed by atoms with Crippen LogP contribution in [0.4, 0.5) is 5.69 Å². The molecule has 0 spiro atoms. The van der Waals surface area contributed by atoms with Crippen molar-refractivity contribution in [1.29, 1.82) is 0 Å². The second-order valence-corrected chi connectivity index (χ2v) is 8.66. The van der Waals surface area contributed by atoms with Gasteiger partial charge in [0.1, 0.15) is 11.8 Å². The van der Waals surface area contributed by atoms with Crippen molar-refractivity contribution in [2.24, 2.45) is 0 Å². The molecule has 2 aromatic rings. The number of carbonyl (C=O) groups excluding carboxylic acids is 1. The Kier molecular flexibility index (Phi) is 7.07. The Labute approximate surface area is 167 Å². The van der Waals surface area contributed by atoms with E-state index in [0.717, 1.165) is 29.6 Å². The van der Waals surface area contributed by atoms with Gasteiger partial charge in [-0.05, 0) is 48.7 Å². The van der Waals surface area contributed by atoms with Crippen LogP contribution < -0.4 is 9.04 Å². The lowest BCUT2D eigenvalue weighted by molar-refractivity contribution is -0.131. The van der Waals surface area contributed by atoms with Crippen molar-refractivity contribution in [2.45, 2.75) is 32.9 Å². The van der Waals surface area contributed by atoms with Crippen LogP contribution in [0.1, 0.15) is 25.0 Å². The van der Waals surface area contributed by atoms with Crippen molar-refractivity contribution in [2.75, 3.05) is 24.7 Å². The molecule has 1 amide bonds. The van der Waals surface area contributed by atoms with Gasteiger partial charge in [0.25, 0.3) is 0 Å². The van der Waals surface area contributed by atoms with Gasteiger partial charge >= 0.3 is 0 Å². The Balaban J connectivity index is 2.21. The summed E-state index contributed by atoms with van der Waals surface area (Å²) in [4.78, 5) is 14.5. The zero-order chi connectivity index (χ0) is 20.9. The monoisotopic (exact) mass is 404 g/mol. The predicted molar refractivity (Wildman–Crippen MR) is 112 cm³/mol. The highest BCUT2D eigenvalue weighted by atomic mass is 32.2. The molecule has 1 unspecified atom stereocenters. The number of hydrogen-bond donors (Lipinski definition) is 0. The molecule has 0 aliphatic heterocycles. The van der Waals surface area contributed by atoms with Crippen molar-refractivity contribution in [3.05, 3.63) is 59.7 Å². The summed E-state index contributed by atoms with van der Waals surface area (Å²) in [6.07, 6.45) is 1.98. The molecular formula is C21H28N2O4S. The second-order valence-electron chi connectivity index (χ2n) is 6.80. The largest absolute Gasteiger partial charge is 0.497 e. The zero-order valence-electron chi connectivity index (χ0n) is 17.0. The van der Waals surface area contributed by atoms with Crippen molar-refractivity contribution in [3.63, 3.8) is 0 Å². The lowest BCUT2D eigenvalue weighted by atomic mass is 10.1. The molecular weight excluding hydrogens is 376 g/mol. The molecule has 0 fully saturated rings. The summed E-state index contributed by atoms with van der Waals surface area (Å²) in [6, 6.07) is 13.8. The van der Waals surface area contributed by atoms with Gasteiger partial charge < -0.3 is 9.64 Å². The Morgan fingerprint density at radius 1 is 1.04 bits per heavy atom. The van der Waals surface area contributed by atoms with Gasteiger partial charge in [0.05, 0.1) is 19.1 Å². The molecule has 0 aliphatic rings. The number of sulfonamides is 1. The third kappa shape index (κ3) is 5.25. The van der Waals surface area contributed by atoms with E-state index in [0.29, 0.717) is 12.2 Å². The van der Waals surface area contributed by atoms with Crippen LogP contribution in [-0.4, -0.2) is 45.7 Å². The first-order valence-corrected chi connectivity index (χ1v) is 11.0. The van der Waals surface area contributed by atoms with Crippen molar-refractivity contribution in [1.82, 2.24) is 4.90 Å². The molecule has 7 heteroatoms. The second kappa shape index (κ2) is 9.10. The van der Waals surface area contributed by atoms with E-state index in [4.69, 9.17) is 4.74 Å². The first-order chi connectivity index (χ1) is 13.2. The molecule has 0 bridgehead atoms. The Morgan fingerprint density at radius 2 is 1.57 bits per heavy atom. The van der Waals surface area contributed by atoms with Crippen molar-refractivity contribution in [3.8, 4) is 5.75 Å². The molecule has 6 nitrogen and oxygen atoms in total. The van der Waals surface area contributed by atoms with E-state index in [-0.39, 0.29) is 5.91 Å². The van der Waals surface area contributed by atoms with Gasteiger partial charge in [-0.1, -0.05) is 31.2 Å². The highest BCUT2D eigenvalue weighted by Crippen LogP contribution is 2.23. The first-order valence-electron chi connectivity index (χ1n) is 9.13. The van der Waals surface area contributed by atoms with Crippen molar-refractivity contribution < 1.29 is 17.9 Å². The summed E-state index contributed by atoms with van der Waals surface area (Å²) in [5, 5.41) is 0. The lowest BCUT2D eigenvalue weighted by Crippen LogP contribution is -2.48. The SMILES string of the molecule is CCc1ccc(N(C(C)C(=O)N(C)Cc2ccc(OC)cc2)S(C)(=O)=O)cc1. The molecule has 0 saturated carbocycles. The van der Waals surface area contributed by atoms with Gasteiger partial charge in [-0.25, -0.2) is 8.42 Å². The minimum Gasteiger partial charge on any atom is -0.497 e. The topological polar surface area (TPSA) is 66.9 Å². The van der Waals surface area contributed by atoms with Gasteiger partial charge in [-0.15, -0.1) is 0 Å². The fourth-order valence-electron chi connectivity index (χ4n) is 3.08. The minimum atomic E-state index is -3.63. The number of benzene rings is 2. The van der Waals surface area contributed by atoms with Crippen LogP contribution in [-0.2, 0) is 27.8 Å². The molecule has 0 N–H and O–H groups in total. The molecule has 0 heterocycles. The molecule has 28 heavy (non-hydrogen) atoms. The van der Waals surface area contributed by atoms with E-state index in [1.807, 2.05) is 43.3 Å². The van der Waals surface area contributed by atoms with E-state index >= 15 is 0 Å².